The zero-order valence-corrected chi connectivity index (χ0v) is 12.8. The molecule has 1 amide bonds. The van der Waals surface area contributed by atoms with Gasteiger partial charge in [-0.2, -0.15) is 0 Å². The summed E-state index contributed by atoms with van der Waals surface area (Å²) in [4.78, 5) is 13.9. The first-order valence-corrected chi connectivity index (χ1v) is 8.71. The normalized spacial score (nSPS) is 18.8. The molecular formula is C14H20N2O4S. The molecule has 1 atom stereocenters. The number of benzene rings is 1. The van der Waals surface area contributed by atoms with Crippen LogP contribution in [-0.2, 0) is 14.6 Å². The van der Waals surface area contributed by atoms with Crippen molar-refractivity contribution in [2.45, 2.75) is 23.8 Å². The lowest BCUT2D eigenvalue weighted by Gasteiger charge is -2.15. The number of hydrogen-bond donors (Lipinski definition) is 1. The molecule has 1 heterocycles. The Morgan fingerprint density at radius 2 is 2.05 bits per heavy atom. The molecule has 1 aliphatic rings. The van der Waals surface area contributed by atoms with Crippen LogP contribution in [0.25, 0.3) is 0 Å². The van der Waals surface area contributed by atoms with Gasteiger partial charge in [0.05, 0.1) is 17.9 Å². The van der Waals surface area contributed by atoms with Gasteiger partial charge in [0, 0.05) is 25.4 Å². The van der Waals surface area contributed by atoms with E-state index in [1.165, 1.54) is 12.1 Å². The highest BCUT2D eigenvalue weighted by Crippen LogP contribution is 2.16. The Morgan fingerprint density at radius 1 is 1.38 bits per heavy atom. The molecule has 1 unspecified atom stereocenters. The summed E-state index contributed by atoms with van der Waals surface area (Å²) in [5.74, 6) is 0.587. The summed E-state index contributed by atoms with van der Waals surface area (Å²) in [7, 11) is -3.20. The maximum absolute atomic E-state index is 11.9. The molecule has 0 aliphatic carbocycles. The van der Waals surface area contributed by atoms with Crippen molar-refractivity contribution in [2.75, 3.05) is 26.0 Å². The Hall–Kier alpha value is -1.60. The fourth-order valence-electron chi connectivity index (χ4n) is 2.21. The molecule has 2 N–H and O–H groups in total. The first-order valence-electron chi connectivity index (χ1n) is 6.82. The fourth-order valence-corrected chi connectivity index (χ4v) is 2.84. The van der Waals surface area contributed by atoms with E-state index in [9.17, 15) is 13.2 Å². The van der Waals surface area contributed by atoms with E-state index in [2.05, 4.69) is 0 Å². The van der Waals surface area contributed by atoms with Gasteiger partial charge < -0.3 is 15.4 Å². The van der Waals surface area contributed by atoms with Crippen LogP contribution in [0.4, 0.5) is 0 Å². The Kier molecular flexibility index (Phi) is 4.84. The van der Waals surface area contributed by atoms with Crippen LogP contribution in [0.2, 0.25) is 0 Å². The Balaban J connectivity index is 1.80. The average Bonchev–Trinajstić information content (AvgIpc) is 2.85. The largest absolute Gasteiger partial charge is 0.493 e. The molecule has 0 radical (unpaired) electrons. The first-order chi connectivity index (χ1) is 9.86. The summed E-state index contributed by atoms with van der Waals surface area (Å²) in [5, 5.41) is 0. The van der Waals surface area contributed by atoms with Crippen LogP contribution in [0.1, 0.15) is 12.8 Å². The van der Waals surface area contributed by atoms with Gasteiger partial charge in [-0.05, 0) is 30.7 Å². The molecule has 0 aromatic heterocycles. The summed E-state index contributed by atoms with van der Waals surface area (Å²) < 4.78 is 28.1. The third kappa shape index (κ3) is 4.44. The second-order valence-corrected chi connectivity index (χ2v) is 7.25. The maximum atomic E-state index is 11.9. The van der Waals surface area contributed by atoms with Crippen molar-refractivity contribution in [3.8, 4) is 5.75 Å². The van der Waals surface area contributed by atoms with Gasteiger partial charge >= 0.3 is 0 Å². The summed E-state index contributed by atoms with van der Waals surface area (Å²) in [5.41, 5.74) is 5.76. The quantitative estimate of drug-likeness (QED) is 0.851. The molecule has 1 aromatic rings. The van der Waals surface area contributed by atoms with Crippen LogP contribution in [0.15, 0.2) is 29.2 Å². The summed E-state index contributed by atoms with van der Waals surface area (Å²) >= 11 is 0. The number of ether oxygens (including phenoxy) is 1. The summed E-state index contributed by atoms with van der Waals surface area (Å²) in [6.07, 6.45) is 2.29. The Morgan fingerprint density at radius 3 is 2.57 bits per heavy atom. The summed E-state index contributed by atoms with van der Waals surface area (Å²) in [6, 6.07) is 6.25. The lowest BCUT2D eigenvalue weighted by Crippen LogP contribution is -2.32. The minimum absolute atomic E-state index is 0.0377. The number of nitrogens with two attached hydrogens (primary N) is 1. The Labute approximate surface area is 124 Å². The van der Waals surface area contributed by atoms with Crippen LogP contribution in [0.3, 0.4) is 0 Å². The number of nitrogens with zero attached hydrogens (tertiary/aromatic N) is 1. The molecule has 116 valence electrons. The van der Waals surface area contributed by atoms with Crippen molar-refractivity contribution in [3.05, 3.63) is 24.3 Å². The van der Waals surface area contributed by atoms with Gasteiger partial charge in [-0.3, -0.25) is 4.79 Å². The summed E-state index contributed by atoms with van der Waals surface area (Å²) in [6.45, 7) is 1.59. The molecule has 0 spiro atoms. The second-order valence-electron chi connectivity index (χ2n) is 5.23. The van der Waals surface area contributed by atoms with Crippen LogP contribution in [0, 0.1) is 0 Å². The second kappa shape index (κ2) is 6.44. The predicted octanol–water partition coefficient (Wildman–Crippen LogP) is 0.419. The van der Waals surface area contributed by atoms with Gasteiger partial charge in [0.15, 0.2) is 9.84 Å². The monoisotopic (exact) mass is 312 g/mol. The molecule has 0 bridgehead atoms. The smallest absolute Gasteiger partial charge is 0.226 e. The topological polar surface area (TPSA) is 89.7 Å². The number of sulfone groups is 1. The zero-order valence-electron chi connectivity index (χ0n) is 12.0. The van der Waals surface area contributed by atoms with Crippen LogP contribution in [0.5, 0.6) is 5.75 Å². The molecule has 1 aromatic carbocycles. The molecule has 21 heavy (non-hydrogen) atoms. The van der Waals surface area contributed by atoms with Gasteiger partial charge in [0.1, 0.15) is 5.75 Å². The molecular weight excluding hydrogens is 292 g/mol. The average molecular weight is 312 g/mol. The lowest BCUT2D eigenvalue weighted by molar-refractivity contribution is -0.130. The number of amides is 1. The highest BCUT2D eigenvalue weighted by atomic mass is 32.2. The van der Waals surface area contributed by atoms with Gasteiger partial charge in [0.2, 0.25) is 5.91 Å². The molecule has 1 saturated heterocycles. The number of carbonyl (C=O) groups excluding carboxylic acids is 1. The minimum atomic E-state index is -3.20. The molecule has 0 saturated carbocycles. The number of carbonyl (C=O) groups is 1. The van der Waals surface area contributed by atoms with E-state index in [1.807, 2.05) is 0 Å². The van der Waals surface area contributed by atoms with Gasteiger partial charge in [-0.25, -0.2) is 8.42 Å². The van der Waals surface area contributed by atoms with Gasteiger partial charge in [-0.15, -0.1) is 0 Å². The van der Waals surface area contributed by atoms with E-state index in [4.69, 9.17) is 10.5 Å². The highest BCUT2D eigenvalue weighted by Gasteiger charge is 2.23. The van der Waals surface area contributed by atoms with Gasteiger partial charge in [-0.1, -0.05) is 0 Å². The molecule has 2 rings (SSSR count). The van der Waals surface area contributed by atoms with Crippen molar-refractivity contribution in [1.29, 1.82) is 0 Å². The van der Waals surface area contributed by atoms with E-state index in [0.29, 0.717) is 25.3 Å². The van der Waals surface area contributed by atoms with Crippen molar-refractivity contribution >= 4 is 15.7 Å². The third-order valence-electron chi connectivity index (χ3n) is 3.41. The Bertz CT molecular complexity index is 598. The first kappa shape index (κ1) is 15.8. The highest BCUT2D eigenvalue weighted by molar-refractivity contribution is 7.90. The number of hydrogen-bond acceptors (Lipinski definition) is 5. The SMILES string of the molecule is CS(=O)(=O)c1ccc(OCCC(=O)N2CCC(N)C2)cc1. The van der Waals surface area contributed by atoms with Crippen molar-refractivity contribution < 1.29 is 17.9 Å². The fraction of sp³-hybridized carbons (Fsp3) is 0.500. The van der Waals surface area contributed by atoms with E-state index in [0.717, 1.165) is 12.7 Å². The molecule has 6 nitrogen and oxygen atoms in total. The lowest BCUT2D eigenvalue weighted by atomic mass is 10.3. The zero-order chi connectivity index (χ0) is 15.5. The van der Waals surface area contributed by atoms with Crippen molar-refractivity contribution in [1.82, 2.24) is 4.90 Å². The van der Waals surface area contributed by atoms with E-state index in [1.54, 1.807) is 17.0 Å². The molecule has 7 heteroatoms. The van der Waals surface area contributed by atoms with Gasteiger partial charge in [0.25, 0.3) is 0 Å². The standard InChI is InChI=1S/C14H20N2O4S/c1-21(18,19)13-4-2-12(3-5-13)20-9-7-14(17)16-8-6-11(15)10-16/h2-5,11H,6-10,15H2,1H3. The van der Waals surface area contributed by atoms with E-state index in [-0.39, 0.29) is 23.5 Å². The van der Waals surface area contributed by atoms with Crippen LogP contribution in [-0.4, -0.2) is 51.2 Å². The van der Waals surface area contributed by atoms with E-state index >= 15 is 0 Å². The number of rotatable bonds is 5. The third-order valence-corrected chi connectivity index (χ3v) is 4.54. The predicted molar refractivity (Wildman–Crippen MR) is 78.8 cm³/mol. The number of likely N-dealkylation sites (tertiary alicyclic amines) is 1. The van der Waals surface area contributed by atoms with Crippen LogP contribution >= 0.6 is 0 Å². The molecule has 1 fully saturated rings. The van der Waals surface area contributed by atoms with Crippen molar-refractivity contribution in [2.24, 2.45) is 5.73 Å². The van der Waals surface area contributed by atoms with Crippen molar-refractivity contribution in [3.63, 3.8) is 0 Å². The maximum Gasteiger partial charge on any atom is 0.226 e. The van der Waals surface area contributed by atoms with E-state index < -0.39 is 9.84 Å². The minimum Gasteiger partial charge on any atom is -0.493 e. The molecule has 1 aliphatic heterocycles. The van der Waals surface area contributed by atoms with Crippen LogP contribution < -0.4 is 10.5 Å².